The molecule has 1 heterocycles. The number of amides is 2. The summed E-state index contributed by atoms with van der Waals surface area (Å²) < 4.78 is 12.3. The van der Waals surface area contributed by atoms with Crippen LogP contribution in [0.1, 0.15) is 18.1 Å². The Morgan fingerprint density at radius 1 is 1.07 bits per heavy atom. The van der Waals surface area contributed by atoms with Crippen LogP contribution in [-0.2, 0) is 16.2 Å². The van der Waals surface area contributed by atoms with E-state index in [-0.39, 0.29) is 10.7 Å². The molecule has 8 heteroatoms. The molecular weight excluding hydrogens is 444 g/mol. The van der Waals surface area contributed by atoms with Crippen LogP contribution in [0.3, 0.4) is 0 Å². The lowest BCUT2D eigenvalue weighted by atomic mass is 10.1. The molecule has 1 aliphatic heterocycles. The molecule has 2 N–H and O–H groups in total. The van der Waals surface area contributed by atoms with Gasteiger partial charge in [0.15, 0.2) is 16.6 Å². The van der Waals surface area contributed by atoms with Crippen molar-refractivity contribution in [1.82, 2.24) is 10.6 Å². The highest BCUT2D eigenvalue weighted by Crippen LogP contribution is 2.38. The van der Waals surface area contributed by atoms with Crippen molar-refractivity contribution in [3.63, 3.8) is 0 Å². The minimum absolute atomic E-state index is 0.00649. The third-order valence-corrected chi connectivity index (χ3v) is 4.61. The lowest BCUT2D eigenvalue weighted by Gasteiger charge is -2.17. The van der Waals surface area contributed by atoms with Gasteiger partial charge in [0.25, 0.3) is 11.8 Å². The van der Waals surface area contributed by atoms with Crippen LogP contribution in [0.25, 0.3) is 6.08 Å². The summed E-state index contributed by atoms with van der Waals surface area (Å²) in [7, 11) is 0. The van der Waals surface area contributed by atoms with Gasteiger partial charge in [0.2, 0.25) is 0 Å². The van der Waals surface area contributed by atoms with Crippen LogP contribution in [0.4, 0.5) is 0 Å². The molecule has 2 amide bonds. The summed E-state index contributed by atoms with van der Waals surface area (Å²) in [4.78, 5) is 24.1. The van der Waals surface area contributed by atoms with Gasteiger partial charge in [0.05, 0.1) is 11.1 Å². The van der Waals surface area contributed by atoms with Crippen molar-refractivity contribution in [2.24, 2.45) is 0 Å². The Kier molecular flexibility index (Phi) is 6.43. The smallest absolute Gasteiger partial charge is 0.263 e. The Morgan fingerprint density at radius 3 is 2.39 bits per heavy atom. The molecule has 0 atom stereocenters. The van der Waals surface area contributed by atoms with E-state index in [1.165, 1.54) is 6.08 Å². The van der Waals surface area contributed by atoms with Crippen LogP contribution in [0.15, 0.2) is 52.5 Å². The van der Waals surface area contributed by atoms with Crippen molar-refractivity contribution in [3.05, 3.63) is 63.6 Å². The second-order valence-electron chi connectivity index (χ2n) is 5.83. The van der Waals surface area contributed by atoms with Crippen molar-refractivity contribution in [3.8, 4) is 11.5 Å². The molecule has 0 saturated carbocycles. The van der Waals surface area contributed by atoms with Gasteiger partial charge in [-0.1, -0.05) is 30.3 Å². The fourth-order valence-corrected chi connectivity index (χ4v) is 3.34. The summed E-state index contributed by atoms with van der Waals surface area (Å²) in [6, 6.07) is 13.2. The maximum absolute atomic E-state index is 12.0. The van der Waals surface area contributed by atoms with Crippen molar-refractivity contribution < 1.29 is 19.1 Å². The van der Waals surface area contributed by atoms with E-state index < -0.39 is 11.8 Å². The fraction of sp³-hybridized carbons (Fsp3) is 0.150. The first-order valence-corrected chi connectivity index (χ1v) is 9.69. The molecule has 0 spiro atoms. The summed E-state index contributed by atoms with van der Waals surface area (Å²) >= 11 is 8.29. The Balaban J connectivity index is 1.90. The summed E-state index contributed by atoms with van der Waals surface area (Å²) in [6.45, 7) is 2.68. The Labute approximate surface area is 176 Å². The standard InChI is InChI=1S/C20H17BrN2O4S/c1-2-26-16-10-13(8-14-18(24)22-20(28)23-19(14)25)9-15(21)17(16)27-11-12-6-4-3-5-7-12/h3-10H,2,11H2,1H3,(H2,22,23,24,25,28). The summed E-state index contributed by atoms with van der Waals surface area (Å²) in [5.74, 6) is -0.0437. The van der Waals surface area contributed by atoms with Gasteiger partial charge >= 0.3 is 0 Å². The summed E-state index contributed by atoms with van der Waals surface area (Å²) in [5, 5.41) is 4.81. The first kappa shape index (κ1) is 20.0. The summed E-state index contributed by atoms with van der Waals surface area (Å²) in [6.07, 6.45) is 1.47. The highest BCUT2D eigenvalue weighted by atomic mass is 79.9. The number of carbonyl (C=O) groups is 2. The van der Waals surface area contributed by atoms with Gasteiger partial charge in [0, 0.05) is 0 Å². The molecule has 1 saturated heterocycles. The first-order chi connectivity index (χ1) is 13.5. The zero-order valence-corrected chi connectivity index (χ0v) is 17.4. The summed E-state index contributed by atoms with van der Waals surface area (Å²) in [5.41, 5.74) is 1.59. The quantitative estimate of drug-likeness (QED) is 0.392. The largest absolute Gasteiger partial charge is 0.490 e. The third kappa shape index (κ3) is 4.76. The van der Waals surface area contributed by atoms with E-state index in [9.17, 15) is 9.59 Å². The average Bonchev–Trinajstić information content (AvgIpc) is 2.65. The number of hydrogen-bond acceptors (Lipinski definition) is 5. The van der Waals surface area contributed by atoms with Crippen molar-refractivity contribution in [2.45, 2.75) is 13.5 Å². The monoisotopic (exact) mass is 460 g/mol. The van der Waals surface area contributed by atoms with E-state index in [4.69, 9.17) is 21.7 Å². The third-order valence-electron chi connectivity index (χ3n) is 3.81. The van der Waals surface area contributed by atoms with Crippen LogP contribution in [0.5, 0.6) is 11.5 Å². The second kappa shape index (κ2) is 8.99. The fourth-order valence-electron chi connectivity index (χ4n) is 2.58. The van der Waals surface area contributed by atoms with E-state index in [1.807, 2.05) is 37.3 Å². The molecule has 0 aliphatic carbocycles. The van der Waals surface area contributed by atoms with Crippen LogP contribution >= 0.6 is 28.1 Å². The van der Waals surface area contributed by atoms with Gasteiger partial charge in [-0.15, -0.1) is 0 Å². The predicted molar refractivity (Wildman–Crippen MR) is 113 cm³/mol. The number of ether oxygens (including phenoxy) is 2. The molecule has 2 aromatic carbocycles. The van der Waals surface area contributed by atoms with Crippen molar-refractivity contribution >= 4 is 51.2 Å². The number of rotatable bonds is 6. The zero-order valence-electron chi connectivity index (χ0n) is 15.0. The SMILES string of the molecule is CCOc1cc(C=C2C(=O)NC(=S)NC2=O)cc(Br)c1OCc1ccccc1. The van der Waals surface area contributed by atoms with Gasteiger partial charge in [0.1, 0.15) is 12.2 Å². The van der Waals surface area contributed by atoms with Crippen LogP contribution in [0.2, 0.25) is 0 Å². The normalized spacial score (nSPS) is 13.6. The highest BCUT2D eigenvalue weighted by molar-refractivity contribution is 9.10. The minimum Gasteiger partial charge on any atom is -0.490 e. The minimum atomic E-state index is -0.549. The number of benzene rings is 2. The maximum atomic E-state index is 12.0. The van der Waals surface area contributed by atoms with Crippen LogP contribution < -0.4 is 20.1 Å². The number of thiocarbonyl (C=S) groups is 1. The Bertz CT molecular complexity index is 938. The number of carbonyl (C=O) groups excluding carboxylic acids is 2. The Morgan fingerprint density at radius 2 is 1.75 bits per heavy atom. The van der Waals surface area contributed by atoms with Crippen molar-refractivity contribution in [2.75, 3.05) is 6.61 Å². The number of halogens is 1. The van der Waals surface area contributed by atoms with Gasteiger partial charge < -0.3 is 9.47 Å². The molecule has 0 bridgehead atoms. The van der Waals surface area contributed by atoms with E-state index >= 15 is 0 Å². The molecule has 28 heavy (non-hydrogen) atoms. The molecule has 1 aliphatic rings. The molecule has 0 radical (unpaired) electrons. The number of nitrogens with one attached hydrogen (secondary N) is 2. The van der Waals surface area contributed by atoms with Gasteiger partial charge in [-0.25, -0.2) is 0 Å². The number of hydrogen-bond donors (Lipinski definition) is 2. The zero-order chi connectivity index (χ0) is 20.1. The molecule has 0 aromatic heterocycles. The molecule has 3 rings (SSSR count). The average molecular weight is 461 g/mol. The second-order valence-corrected chi connectivity index (χ2v) is 7.10. The molecule has 2 aromatic rings. The van der Waals surface area contributed by atoms with Gasteiger partial charge in [-0.2, -0.15) is 0 Å². The van der Waals surface area contributed by atoms with E-state index in [1.54, 1.807) is 12.1 Å². The lowest BCUT2D eigenvalue weighted by Crippen LogP contribution is -2.51. The van der Waals surface area contributed by atoms with Gasteiger partial charge in [-0.3, -0.25) is 20.2 Å². The Hall–Kier alpha value is -2.71. The van der Waals surface area contributed by atoms with Crippen molar-refractivity contribution in [1.29, 1.82) is 0 Å². The molecular formula is C20H17BrN2O4S. The maximum Gasteiger partial charge on any atom is 0.263 e. The molecule has 1 fully saturated rings. The van der Waals surface area contributed by atoms with E-state index in [0.717, 1.165) is 5.56 Å². The molecule has 6 nitrogen and oxygen atoms in total. The van der Waals surface area contributed by atoms with Crippen LogP contribution in [-0.4, -0.2) is 23.5 Å². The van der Waals surface area contributed by atoms with Gasteiger partial charge in [-0.05, 0) is 64.4 Å². The first-order valence-electron chi connectivity index (χ1n) is 8.49. The predicted octanol–water partition coefficient (Wildman–Crippen LogP) is 3.34. The van der Waals surface area contributed by atoms with E-state index in [0.29, 0.717) is 34.7 Å². The molecule has 0 unspecified atom stereocenters. The lowest BCUT2D eigenvalue weighted by molar-refractivity contribution is -0.123. The van der Waals surface area contributed by atoms with Crippen LogP contribution in [0, 0.1) is 0 Å². The highest BCUT2D eigenvalue weighted by Gasteiger charge is 2.26. The molecule has 144 valence electrons. The van der Waals surface area contributed by atoms with E-state index in [2.05, 4.69) is 26.6 Å². The topological polar surface area (TPSA) is 76.7 Å².